The van der Waals surface area contributed by atoms with Gasteiger partial charge in [0.05, 0.1) is 7.11 Å². The largest absolute Gasteiger partial charge is 0.481 e. The third kappa shape index (κ3) is 4.65. The van der Waals surface area contributed by atoms with Crippen LogP contribution < -0.4 is 20.3 Å². The SMILES string of the molecule is COc1cc(C(=O)Nc2ccc(Nc3nc(C)cc(N4CCCC4)n3)cc2)ccn1. The first-order valence-electron chi connectivity index (χ1n) is 9.90. The van der Waals surface area contributed by atoms with Crippen molar-refractivity contribution in [3.63, 3.8) is 0 Å². The lowest BCUT2D eigenvalue weighted by Crippen LogP contribution is -2.19. The average Bonchev–Trinajstić information content (AvgIpc) is 3.30. The Kier molecular flexibility index (Phi) is 5.74. The zero-order valence-corrected chi connectivity index (χ0v) is 17.1. The van der Waals surface area contributed by atoms with Crippen LogP contribution in [0.15, 0.2) is 48.7 Å². The number of aryl methyl sites for hydroxylation is 1. The van der Waals surface area contributed by atoms with Gasteiger partial charge in [0.1, 0.15) is 5.82 Å². The number of pyridine rings is 1. The van der Waals surface area contributed by atoms with Crippen molar-refractivity contribution in [1.82, 2.24) is 15.0 Å². The van der Waals surface area contributed by atoms with Crippen molar-refractivity contribution in [2.24, 2.45) is 0 Å². The van der Waals surface area contributed by atoms with Gasteiger partial charge in [-0.2, -0.15) is 4.98 Å². The number of ether oxygens (including phenoxy) is 1. The van der Waals surface area contributed by atoms with E-state index in [2.05, 4.69) is 30.5 Å². The molecule has 4 rings (SSSR count). The number of anilines is 4. The predicted octanol–water partition coefficient (Wildman–Crippen LogP) is 3.78. The highest BCUT2D eigenvalue weighted by atomic mass is 16.5. The van der Waals surface area contributed by atoms with Gasteiger partial charge in [-0.05, 0) is 50.1 Å². The molecule has 0 saturated carbocycles. The van der Waals surface area contributed by atoms with Crippen molar-refractivity contribution in [3.05, 3.63) is 59.9 Å². The summed E-state index contributed by atoms with van der Waals surface area (Å²) in [4.78, 5) is 27.9. The van der Waals surface area contributed by atoms with Gasteiger partial charge in [-0.3, -0.25) is 4.79 Å². The molecule has 0 unspecified atom stereocenters. The molecule has 1 amide bonds. The van der Waals surface area contributed by atoms with Crippen LogP contribution in [0.4, 0.5) is 23.1 Å². The van der Waals surface area contributed by atoms with Crippen LogP contribution in [0.2, 0.25) is 0 Å². The molecule has 0 atom stereocenters. The summed E-state index contributed by atoms with van der Waals surface area (Å²) >= 11 is 0. The van der Waals surface area contributed by atoms with E-state index in [1.54, 1.807) is 18.3 Å². The molecule has 0 radical (unpaired) electrons. The average molecular weight is 404 g/mol. The number of rotatable bonds is 6. The zero-order chi connectivity index (χ0) is 20.9. The molecule has 1 aliphatic rings. The highest BCUT2D eigenvalue weighted by molar-refractivity contribution is 6.04. The number of carbonyl (C=O) groups is 1. The van der Waals surface area contributed by atoms with Crippen LogP contribution in [0.5, 0.6) is 5.88 Å². The molecule has 8 nitrogen and oxygen atoms in total. The molecule has 30 heavy (non-hydrogen) atoms. The Labute approximate surface area is 175 Å². The fraction of sp³-hybridized carbons (Fsp3) is 0.273. The summed E-state index contributed by atoms with van der Waals surface area (Å²) in [7, 11) is 1.52. The summed E-state index contributed by atoms with van der Waals surface area (Å²) in [5.41, 5.74) is 2.93. The molecule has 1 saturated heterocycles. The van der Waals surface area contributed by atoms with Crippen molar-refractivity contribution in [1.29, 1.82) is 0 Å². The molecule has 0 bridgehead atoms. The van der Waals surface area contributed by atoms with E-state index >= 15 is 0 Å². The number of carbonyl (C=O) groups excluding carboxylic acids is 1. The van der Waals surface area contributed by atoms with Crippen LogP contribution in [0.3, 0.4) is 0 Å². The molecule has 1 aromatic carbocycles. The molecule has 1 fully saturated rings. The molecule has 8 heteroatoms. The van der Waals surface area contributed by atoms with E-state index in [1.165, 1.54) is 20.0 Å². The number of nitrogens with one attached hydrogen (secondary N) is 2. The smallest absolute Gasteiger partial charge is 0.255 e. The van der Waals surface area contributed by atoms with Crippen molar-refractivity contribution in [2.75, 3.05) is 35.7 Å². The van der Waals surface area contributed by atoms with E-state index in [-0.39, 0.29) is 5.91 Å². The summed E-state index contributed by atoms with van der Waals surface area (Å²) in [6.07, 6.45) is 3.94. The molecule has 2 aromatic heterocycles. The van der Waals surface area contributed by atoms with Crippen LogP contribution >= 0.6 is 0 Å². The van der Waals surface area contributed by atoms with Crippen molar-refractivity contribution >= 4 is 29.0 Å². The maximum atomic E-state index is 12.4. The highest BCUT2D eigenvalue weighted by Gasteiger charge is 2.15. The first kappa shape index (κ1) is 19.6. The fourth-order valence-corrected chi connectivity index (χ4v) is 3.35. The van der Waals surface area contributed by atoms with Gasteiger partial charge < -0.3 is 20.3 Å². The van der Waals surface area contributed by atoms with Gasteiger partial charge >= 0.3 is 0 Å². The van der Waals surface area contributed by atoms with Gasteiger partial charge in [0.25, 0.3) is 5.91 Å². The molecule has 3 aromatic rings. The van der Waals surface area contributed by atoms with E-state index in [0.29, 0.717) is 23.1 Å². The lowest BCUT2D eigenvalue weighted by Gasteiger charge is -2.17. The zero-order valence-electron chi connectivity index (χ0n) is 17.1. The minimum atomic E-state index is -0.228. The summed E-state index contributed by atoms with van der Waals surface area (Å²) in [5.74, 6) is 1.69. The first-order chi connectivity index (χ1) is 14.6. The third-order valence-electron chi connectivity index (χ3n) is 4.88. The molecule has 1 aliphatic heterocycles. The quantitative estimate of drug-likeness (QED) is 0.646. The lowest BCUT2D eigenvalue weighted by molar-refractivity contribution is 0.102. The molecule has 2 N–H and O–H groups in total. The summed E-state index contributed by atoms with van der Waals surface area (Å²) in [6.45, 7) is 4.04. The van der Waals surface area contributed by atoms with Crippen LogP contribution in [0, 0.1) is 6.92 Å². The van der Waals surface area contributed by atoms with Crippen LogP contribution in [0.25, 0.3) is 0 Å². The number of amides is 1. The minimum absolute atomic E-state index is 0.228. The second-order valence-electron chi connectivity index (χ2n) is 7.13. The number of methoxy groups -OCH3 is 1. The van der Waals surface area contributed by atoms with Gasteiger partial charge in [0.2, 0.25) is 11.8 Å². The van der Waals surface area contributed by atoms with Crippen molar-refractivity contribution < 1.29 is 9.53 Å². The molecule has 154 valence electrons. The first-order valence-corrected chi connectivity index (χ1v) is 9.90. The normalized spacial score (nSPS) is 13.2. The topological polar surface area (TPSA) is 92.3 Å². The van der Waals surface area contributed by atoms with E-state index in [1.807, 2.05) is 37.3 Å². The molecule has 0 spiro atoms. The van der Waals surface area contributed by atoms with Gasteiger partial charge in [-0.25, -0.2) is 9.97 Å². The maximum Gasteiger partial charge on any atom is 0.255 e. The van der Waals surface area contributed by atoms with E-state index in [0.717, 1.165) is 30.3 Å². The Bertz CT molecular complexity index is 1030. The van der Waals surface area contributed by atoms with Crippen LogP contribution in [-0.2, 0) is 0 Å². The maximum absolute atomic E-state index is 12.4. The van der Waals surface area contributed by atoms with Gasteiger partial charge in [0.15, 0.2) is 0 Å². The van der Waals surface area contributed by atoms with E-state index in [4.69, 9.17) is 4.74 Å². The number of aromatic nitrogens is 3. The Morgan fingerprint density at radius 3 is 2.50 bits per heavy atom. The van der Waals surface area contributed by atoms with Gasteiger partial charge in [-0.15, -0.1) is 0 Å². The number of benzene rings is 1. The van der Waals surface area contributed by atoms with Gasteiger partial charge in [0, 0.05) is 54.1 Å². The summed E-state index contributed by atoms with van der Waals surface area (Å²) < 4.78 is 5.06. The second-order valence-corrected chi connectivity index (χ2v) is 7.13. The van der Waals surface area contributed by atoms with Crippen LogP contribution in [0.1, 0.15) is 28.9 Å². The Morgan fingerprint density at radius 2 is 1.77 bits per heavy atom. The molecular weight excluding hydrogens is 380 g/mol. The summed E-state index contributed by atoms with van der Waals surface area (Å²) in [5, 5.41) is 6.12. The van der Waals surface area contributed by atoms with E-state index < -0.39 is 0 Å². The molecular formula is C22H24N6O2. The number of hydrogen-bond donors (Lipinski definition) is 2. The minimum Gasteiger partial charge on any atom is -0.481 e. The van der Waals surface area contributed by atoms with Crippen molar-refractivity contribution in [2.45, 2.75) is 19.8 Å². The standard InChI is InChI=1S/C22H24N6O2/c1-15-13-19(28-11-3-4-12-28)27-22(24-15)26-18-7-5-17(6-8-18)25-21(29)16-9-10-23-20(14-16)30-2/h5-10,13-14H,3-4,11-12H2,1-2H3,(H,25,29)(H,24,26,27). The Morgan fingerprint density at radius 1 is 1.03 bits per heavy atom. The number of nitrogens with zero attached hydrogens (tertiary/aromatic N) is 4. The van der Waals surface area contributed by atoms with Crippen LogP contribution in [-0.4, -0.2) is 41.1 Å². The second kappa shape index (κ2) is 8.77. The lowest BCUT2D eigenvalue weighted by atomic mass is 10.2. The van der Waals surface area contributed by atoms with Crippen molar-refractivity contribution in [3.8, 4) is 5.88 Å². The molecule has 3 heterocycles. The highest BCUT2D eigenvalue weighted by Crippen LogP contribution is 2.22. The third-order valence-corrected chi connectivity index (χ3v) is 4.88. The van der Waals surface area contributed by atoms with E-state index in [9.17, 15) is 4.79 Å². The molecule has 0 aliphatic carbocycles. The summed E-state index contributed by atoms with van der Waals surface area (Å²) in [6, 6.07) is 12.7. The Hall–Kier alpha value is -3.68. The fourth-order valence-electron chi connectivity index (χ4n) is 3.35. The number of hydrogen-bond acceptors (Lipinski definition) is 7. The van der Waals surface area contributed by atoms with Gasteiger partial charge in [-0.1, -0.05) is 0 Å². The Balaban J connectivity index is 1.43. The monoisotopic (exact) mass is 404 g/mol. The predicted molar refractivity (Wildman–Crippen MR) is 117 cm³/mol.